The van der Waals surface area contributed by atoms with Gasteiger partial charge in [0.05, 0.1) is 21.9 Å². The lowest BCUT2D eigenvalue weighted by molar-refractivity contribution is -0.384. The van der Waals surface area contributed by atoms with E-state index >= 15 is 0 Å². The van der Waals surface area contributed by atoms with Gasteiger partial charge in [0.1, 0.15) is 5.76 Å². The van der Waals surface area contributed by atoms with Crippen LogP contribution in [-0.2, 0) is 4.74 Å². The maximum absolute atomic E-state index is 14.1. The number of carbonyl (C=O) groups excluding carboxylic acids is 1. The van der Waals surface area contributed by atoms with E-state index in [1.54, 1.807) is 26.0 Å². The normalized spacial score (nSPS) is 14.4. The highest BCUT2D eigenvalue weighted by Gasteiger charge is 2.36. The summed E-state index contributed by atoms with van der Waals surface area (Å²) in [7, 11) is 0. The molecule has 2 N–H and O–H groups in total. The second kappa shape index (κ2) is 12.0. The number of rotatable bonds is 8. The molecule has 2 heterocycles. The first kappa shape index (κ1) is 29.1. The predicted molar refractivity (Wildman–Crippen MR) is 168 cm³/mol. The molecule has 0 saturated heterocycles. The highest BCUT2D eigenvalue weighted by molar-refractivity contribution is 5.90. The lowest BCUT2D eigenvalue weighted by Crippen LogP contribution is -2.29. The number of aromatic amines is 2. The highest BCUT2D eigenvalue weighted by Crippen LogP contribution is 2.38. The zero-order valence-corrected chi connectivity index (χ0v) is 24.5. The van der Waals surface area contributed by atoms with E-state index in [2.05, 4.69) is 10.2 Å². The molecule has 45 heavy (non-hydrogen) atoms. The van der Waals surface area contributed by atoms with E-state index in [1.165, 1.54) is 33.6 Å². The highest BCUT2D eigenvalue weighted by atomic mass is 16.6. The van der Waals surface area contributed by atoms with Crippen molar-refractivity contribution in [3.8, 4) is 11.4 Å². The number of nitrogens with zero attached hydrogens (tertiary/aromatic N) is 3. The number of nitrogens with one attached hydrogen (secondary N) is 2. The summed E-state index contributed by atoms with van der Waals surface area (Å²) >= 11 is 0. The maximum atomic E-state index is 14.1. The molecule has 0 spiro atoms. The largest absolute Gasteiger partial charge is 0.427 e. The van der Waals surface area contributed by atoms with E-state index in [4.69, 9.17) is 4.74 Å². The van der Waals surface area contributed by atoms with Gasteiger partial charge in [-0.15, -0.1) is 0 Å². The van der Waals surface area contributed by atoms with Gasteiger partial charge in [0.15, 0.2) is 0 Å². The quantitative estimate of drug-likeness (QED) is 0.134. The van der Waals surface area contributed by atoms with Gasteiger partial charge in [0, 0.05) is 47.0 Å². The van der Waals surface area contributed by atoms with Crippen LogP contribution in [0.3, 0.4) is 0 Å². The predicted octanol–water partition coefficient (Wildman–Crippen LogP) is 5.62. The molecule has 226 valence electrons. The Morgan fingerprint density at radius 3 is 1.84 bits per heavy atom. The third-order valence-electron chi connectivity index (χ3n) is 7.93. The lowest BCUT2D eigenvalue weighted by atomic mass is 9.77. The van der Waals surface area contributed by atoms with Gasteiger partial charge in [-0.2, -0.15) is 0 Å². The van der Waals surface area contributed by atoms with Crippen molar-refractivity contribution in [3.05, 3.63) is 168 Å². The molecule has 11 nitrogen and oxygen atoms in total. The molecule has 0 saturated carbocycles. The Labute approximate surface area is 256 Å². The molecule has 3 aromatic carbocycles. The first-order valence-electron chi connectivity index (χ1n) is 14.3. The van der Waals surface area contributed by atoms with Crippen molar-refractivity contribution in [2.24, 2.45) is 5.92 Å². The second-order valence-corrected chi connectivity index (χ2v) is 10.8. The fourth-order valence-corrected chi connectivity index (χ4v) is 5.82. The Balaban J connectivity index is 1.41. The number of carbonyl (C=O) groups is 1. The summed E-state index contributed by atoms with van der Waals surface area (Å²) in [4.78, 5) is 51.7. The SMILES string of the molecule is Cc1[nH]n(-c2ccccc2)c(=O)c1C(c1c(C)[nH]n(-c2ccccc2)c1=O)[C@H]1C=CC=C(OC(=O)c2ccc([N+](=O)[O-])cc2)C1. The molecule has 0 aliphatic heterocycles. The summed E-state index contributed by atoms with van der Waals surface area (Å²) in [5, 5.41) is 17.4. The van der Waals surface area contributed by atoms with Crippen molar-refractivity contribution >= 4 is 11.7 Å². The number of H-pyrrole nitrogens is 2. The van der Waals surface area contributed by atoms with Crippen LogP contribution < -0.4 is 11.1 Å². The number of nitro benzene ring substituents is 1. The molecule has 11 heteroatoms. The summed E-state index contributed by atoms with van der Waals surface area (Å²) in [5.41, 5.74) is 2.81. The van der Waals surface area contributed by atoms with Gasteiger partial charge >= 0.3 is 5.97 Å². The number of para-hydroxylation sites is 2. The van der Waals surface area contributed by atoms with Crippen LogP contribution in [0.1, 0.15) is 45.2 Å². The standard InChI is InChI=1S/C34H29N5O6/c1-21-29(32(40)37(35-21)25-11-5-3-6-12-25)31(30-22(2)36-38(33(30)41)26-13-7-4-8-14-26)24-10-9-15-28(20-24)45-34(42)23-16-18-27(19-17-23)39(43)44/h3-19,24,31,35-36H,20H2,1-2H3/t24-/m0/s1. The number of hydrogen-bond acceptors (Lipinski definition) is 6. The number of nitro groups is 1. The van der Waals surface area contributed by atoms with Crippen molar-refractivity contribution in [1.82, 2.24) is 19.6 Å². The third-order valence-corrected chi connectivity index (χ3v) is 7.93. The number of benzene rings is 3. The van der Waals surface area contributed by atoms with E-state index in [0.29, 0.717) is 39.6 Å². The average Bonchev–Trinajstić information content (AvgIpc) is 3.52. The van der Waals surface area contributed by atoms with E-state index in [1.807, 2.05) is 66.7 Å². The Bertz CT molecular complexity index is 1970. The van der Waals surface area contributed by atoms with Crippen LogP contribution in [0.5, 0.6) is 0 Å². The number of allylic oxidation sites excluding steroid dienone is 4. The fourth-order valence-electron chi connectivity index (χ4n) is 5.82. The van der Waals surface area contributed by atoms with Crippen molar-refractivity contribution in [2.45, 2.75) is 26.2 Å². The Morgan fingerprint density at radius 2 is 1.36 bits per heavy atom. The molecule has 2 aromatic heterocycles. The molecule has 5 aromatic rings. The average molecular weight is 604 g/mol. The molecule has 1 atom stereocenters. The lowest BCUT2D eigenvalue weighted by Gasteiger charge is -2.26. The molecule has 0 bridgehead atoms. The van der Waals surface area contributed by atoms with Crippen molar-refractivity contribution < 1.29 is 14.5 Å². The fraction of sp³-hybridized carbons (Fsp3) is 0.147. The second-order valence-electron chi connectivity index (χ2n) is 10.8. The minimum absolute atomic E-state index is 0.139. The van der Waals surface area contributed by atoms with E-state index in [0.717, 1.165) is 0 Å². The number of aromatic nitrogens is 4. The summed E-state index contributed by atoms with van der Waals surface area (Å²) in [6.07, 6.45) is 5.53. The van der Waals surface area contributed by atoms with Crippen LogP contribution in [0, 0.1) is 29.9 Å². The van der Waals surface area contributed by atoms with Crippen molar-refractivity contribution in [1.29, 1.82) is 0 Å². The van der Waals surface area contributed by atoms with Gasteiger partial charge in [-0.1, -0.05) is 48.6 Å². The van der Waals surface area contributed by atoms with Gasteiger partial charge in [-0.3, -0.25) is 29.9 Å². The Kier molecular flexibility index (Phi) is 7.74. The van der Waals surface area contributed by atoms with Gasteiger partial charge < -0.3 is 4.74 Å². The van der Waals surface area contributed by atoms with Gasteiger partial charge in [-0.25, -0.2) is 14.2 Å². The topological polar surface area (TPSA) is 145 Å². The van der Waals surface area contributed by atoms with Crippen LogP contribution in [-0.4, -0.2) is 30.5 Å². The minimum atomic E-state index is -0.703. The Morgan fingerprint density at radius 1 is 0.844 bits per heavy atom. The van der Waals surface area contributed by atoms with Gasteiger partial charge in [-0.05, 0) is 62.2 Å². The van der Waals surface area contributed by atoms with Crippen molar-refractivity contribution in [2.75, 3.05) is 0 Å². The number of esters is 1. The maximum Gasteiger partial charge on any atom is 0.343 e. The monoisotopic (exact) mass is 603 g/mol. The molecule has 1 aliphatic carbocycles. The summed E-state index contributed by atoms with van der Waals surface area (Å²) in [6.45, 7) is 3.61. The van der Waals surface area contributed by atoms with E-state index < -0.39 is 22.7 Å². The van der Waals surface area contributed by atoms with E-state index in [-0.39, 0.29) is 28.8 Å². The summed E-state index contributed by atoms with van der Waals surface area (Å²) < 4.78 is 8.65. The van der Waals surface area contributed by atoms with Crippen LogP contribution in [0.15, 0.2) is 119 Å². The first-order valence-corrected chi connectivity index (χ1v) is 14.3. The minimum Gasteiger partial charge on any atom is -0.427 e. The number of non-ortho nitro benzene ring substituents is 1. The van der Waals surface area contributed by atoms with Crippen LogP contribution >= 0.6 is 0 Å². The zero-order valence-electron chi connectivity index (χ0n) is 24.5. The molecular formula is C34H29N5O6. The Hall–Kier alpha value is -5.97. The van der Waals surface area contributed by atoms with Gasteiger partial charge in [0.2, 0.25) is 0 Å². The molecule has 0 radical (unpaired) electrons. The van der Waals surface area contributed by atoms with Crippen molar-refractivity contribution in [3.63, 3.8) is 0 Å². The smallest absolute Gasteiger partial charge is 0.343 e. The zero-order chi connectivity index (χ0) is 31.7. The number of aryl methyl sites for hydroxylation is 2. The van der Waals surface area contributed by atoms with Crippen LogP contribution in [0.2, 0.25) is 0 Å². The first-order chi connectivity index (χ1) is 21.7. The molecule has 0 unspecified atom stereocenters. The number of hydrogen-bond donors (Lipinski definition) is 2. The summed E-state index contributed by atoms with van der Waals surface area (Å²) in [6, 6.07) is 23.5. The molecule has 6 rings (SSSR count). The van der Waals surface area contributed by atoms with Crippen LogP contribution in [0.25, 0.3) is 11.4 Å². The third kappa shape index (κ3) is 5.58. The van der Waals surface area contributed by atoms with Gasteiger partial charge in [0.25, 0.3) is 16.8 Å². The molecular weight excluding hydrogens is 574 g/mol. The number of ether oxygens (including phenoxy) is 1. The molecule has 0 fully saturated rings. The van der Waals surface area contributed by atoms with Crippen LogP contribution in [0.4, 0.5) is 5.69 Å². The molecule has 0 amide bonds. The molecule has 1 aliphatic rings. The summed E-state index contributed by atoms with van der Waals surface area (Å²) in [5.74, 6) is -1.47. The van der Waals surface area contributed by atoms with E-state index in [9.17, 15) is 24.5 Å².